The highest BCUT2D eigenvalue weighted by atomic mass is 16.5. The van der Waals surface area contributed by atoms with Gasteiger partial charge in [-0.25, -0.2) is 0 Å². The van der Waals surface area contributed by atoms with Crippen LogP contribution >= 0.6 is 0 Å². The Labute approximate surface area is 220 Å². The molecule has 0 spiro atoms. The molecule has 7 nitrogen and oxygen atoms in total. The number of benzene rings is 3. The standard InChI is InChI=1S/C19H23NO3.C11H14O3.H2/c1-13-9-10-16(11-18(13)23-3)14(2)19(22)20-17(12-21)15-7-5-4-6-8-15;1-7-4-5-9(6-10(7)14-3)8(2)11(12)13;/h4-11,14,17,21H,12H2,1-3H3,(H,20,22);4-6,8H,1-3H3,(H,12,13);1H/t14-,17-;8-;/m00./s1/i;;1+1. The second kappa shape index (κ2) is 14.0. The van der Waals surface area contributed by atoms with Crippen molar-refractivity contribution in [2.75, 3.05) is 20.8 Å². The van der Waals surface area contributed by atoms with E-state index in [1.165, 1.54) is 0 Å². The fourth-order valence-corrected chi connectivity index (χ4v) is 3.72. The number of hydrogen-bond donors (Lipinski definition) is 3. The molecule has 0 aliphatic carbocycles. The van der Waals surface area contributed by atoms with Gasteiger partial charge in [0.1, 0.15) is 11.5 Å². The summed E-state index contributed by atoms with van der Waals surface area (Å²) >= 11 is 0. The Balaban J connectivity index is 0.000000415. The summed E-state index contributed by atoms with van der Waals surface area (Å²) in [5, 5.41) is 21.3. The van der Waals surface area contributed by atoms with E-state index in [2.05, 4.69) is 5.32 Å². The molecule has 3 aromatic rings. The summed E-state index contributed by atoms with van der Waals surface area (Å²) in [6.07, 6.45) is 0. The van der Waals surface area contributed by atoms with E-state index in [1.54, 1.807) is 27.2 Å². The second-order valence-corrected chi connectivity index (χ2v) is 8.89. The van der Waals surface area contributed by atoms with Gasteiger partial charge < -0.3 is 25.0 Å². The largest absolute Gasteiger partial charge is 0.496 e. The molecule has 0 radical (unpaired) electrons. The maximum Gasteiger partial charge on any atom is 0.310 e. The number of carboxylic acids is 1. The second-order valence-electron chi connectivity index (χ2n) is 8.89. The number of amides is 1. The summed E-state index contributed by atoms with van der Waals surface area (Å²) in [5.74, 6) is -0.277. The number of hydrogen-bond acceptors (Lipinski definition) is 5. The molecular weight excluding hydrogens is 470 g/mol. The Hall–Kier alpha value is -3.84. The van der Waals surface area contributed by atoms with E-state index in [0.717, 1.165) is 39.3 Å². The lowest BCUT2D eigenvalue weighted by Crippen LogP contribution is -2.33. The lowest BCUT2D eigenvalue weighted by atomic mass is 9.97. The normalized spacial score (nSPS) is 12.8. The first-order valence-corrected chi connectivity index (χ1v) is 12.1. The first kappa shape index (κ1) is 29.4. The van der Waals surface area contributed by atoms with Crippen LogP contribution in [0.2, 0.25) is 0 Å². The monoisotopic (exact) mass is 510 g/mol. The van der Waals surface area contributed by atoms with E-state index >= 15 is 0 Å². The van der Waals surface area contributed by atoms with Crippen molar-refractivity contribution in [3.05, 3.63) is 94.5 Å². The van der Waals surface area contributed by atoms with Crippen LogP contribution in [0.15, 0.2) is 66.7 Å². The first-order valence-electron chi connectivity index (χ1n) is 12.1. The zero-order valence-corrected chi connectivity index (χ0v) is 22.3. The maximum atomic E-state index is 12.5. The number of aliphatic hydroxyl groups is 1. The van der Waals surface area contributed by atoms with Gasteiger partial charge in [0.2, 0.25) is 5.91 Å². The summed E-state index contributed by atoms with van der Waals surface area (Å²) in [4.78, 5) is 23.3. The van der Waals surface area contributed by atoms with Gasteiger partial charge in [0.25, 0.3) is 0 Å². The molecule has 0 saturated carbocycles. The molecule has 3 atom stereocenters. The van der Waals surface area contributed by atoms with E-state index in [1.807, 2.05) is 81.4 Å². The Morgan fingerprint density at radius 1 is 0.811 bits per heavy atom. The molecule has 0 heterocycles. The summed E-state index contributed by atoms with van der Waals surface area (Å²) in [6.45, 7) is 7.25. The van der Waals surface area contributed by atoms with Crippen molar-refractivity contribution in [3.63, 3.8) is 0 Å². The van der Waals surface area contributed by atoms with E-state index in [4.69, 9.17) is 14.6 Å². The zero-order chi connectivity index (χ0) is 27.5. The molecular formula is C30H39NO6. The molecule has 1 amide bonds. The molecule has 3 rings (SSSR count). The SMILES string of the molecule is COc1cc([C@H](C)C(=O)N[C@@H](CO)c2ccccc2)ccc1C.COc1cc([C@H](C)C(=O)O)ccc1C.[2HH]. The van der Waals surface area contributed by atoms with E-state index < -0.39 is 17.9 Å². The molecule has 0 aliphatic heterocycles. The van der Waals surface area contributed by atoms with Crippen LogP contribution in [0.1, 0.15) is 61.0 Å². The Kier molecular flexibility index (Phi) is 11.2. The average molecular weight is 511 g/mol. The molecule has 200 valence electrons. The van der Waals surface area contributed by atoms with Gasteiger partial charge >= 0.3 is 5.97 Å². The molecule has 0 unspecified atom stereocenters. The quantitative estimate of drug-likeness (QED) is 0.356. The number of carbonyl (C=O) groups excluding carboxylic acids is 1. The predicted octanol–water partition coefficient (Wildman–Crippen LogP) is 5.39. The molecule has 0 bridgehead atoms. The van der Waals surface area contributed by atoms with Crippen LogP contribution in [0.4, 0.5) is 0 Å². The molecule has 37 heavy (non-hydrogen) atoms. The minimum absolute atomic E-state index is 0. The minimum Gasteiger partial charge on any atom is -0.496 e. The average Bonchev–Trinajstić information content (AvgIpc) is 2.92. The van der Waals surface area contributed by atoms with E-state index in [-0.39, 0.29) is 19.9 Å². The summed E-state index contributed by atoms with van der Waals surface area (Å²) < 4.78 is 10.4. The van der Waals surface area contributed by atoms with Crippen LogP contribution in [-0.4, -0.2) is 42.9 Å². The number of aliphatic carboxylic acids is 1. The van der Waals surface area contributed by atoms with E-state index in [0.29, 0.717) is 0 Å². The first-order chi connectivity index (χ1) is 17.6. The molecule has 3 N–H and O–H groups in total. The summed E-state index contributed by atoms with van der Waals surface area (Å²) in [5.41, 5.74) is 4.57. The number of ether oxygens (including phenoxy) is 2. The number of aryl methyl sites for hydroxylation is 2. The smallest absolute Gasteiger partial charge is 0.310 e. The van der Waals surface area contributed by atoms with Crippen molar-refractivity contribution in [1.29, 1.82) is 0 Å². The Bertz CT molecular complexity index is 1180. The van der Waals surface area contributed by atoms with Crippen molar-refractivity contribution in [1.82, 2.24) is 5.32 Å². The van der Waals surface area contributed by atoms with Crippen LogP contribution < -0.4 is 14.8 Å². The number of methoxy groups -OCH3 is 2. The summed E-state index contributed by atoms with van der Waals surface area (Å²) in [7, 11) is 3.20. The summed E-state index contributed by atoms with van der Waals surface area (Å²) in [6, 6.07) is 20.3. The van der Waals surface area contributed by atoms with Crippen molar-refractivity contribution in [3.8, 4) is 11.5 Å². The number of carbonyl (C=O) groups is 2. The van der Waals surface area contributed by atoms with Gasteiger partial charge in [0, 0.05) is 1.43 Å². The van der Waals surface area contributed by atoms with Crippen LogP contribution in [-0.2, 0) is 9.59 Å². The fraction of sp³-hybridized carbons (Fsp3) is 0.333. The lowest BCUT2D eigenvalue weighted by molar-refractivity contribution is -0.138. The van der Waals surface area contributed by atoms with Crippen LogP contribution in [0.3, 0.4) is 0 Å². The van der Waals surface area contributed by atoms with Gasteiger partial charge in [0.05, 0.1) is 38.7 Å². The van der Waals surface area contributed by atoms with Gasteiger partial charge in [-0.15, -0.1) is 0 Å². The van der Waals surface area contributed by atoms with Gasteiger partial charge in [-0.2, -0.15) is 0 Å². The molecule has 0 aliphatic rings. The molecule has 0 fully saturated rings. The molecule has 3 aromatic carbocycles. The van der Waals surface area contributed by atoms with Crippen molar-refractivity contribution >= 4 is 11.9 Å². The topological polar surface area (TPSA) is 105 Å². The highest BCUT2D eigenvalue weighted by molar-refractivity contribution is 5.83. The molecule has 0 aromatic heterocycles. The maximum absolute atomic E-state index is 12.5. The minimum atomic E-state index is -0.823. The van der Waals surface area contributed by atoms with Gasteiger partial charge in [-0.1, -0.05) is 54.6 Å². The van der Waals surface area contributed by atoms with Crippen molar-refractivity contribution in [2.45, 2.75) is 45.6 Å². The van der Waals surface area contributed by atoms with Gasteiger partial charge in [0.15, 0.2) is 0 Å². The number of aliphatic hydroxyl groups excluding tert-OH is 1. The van der Waals surface area contributed by atoms with Crippen molar-refractivity contribution < 1.29 is 30.7 Å². The van der Waals surface area contributed by atoms with E-state index in [9.17, 15) is 14.7 Å². The fourth-order valence-electron chi connectivity index (χ4n) is 3.72. The highest BCUT2D eigenvalue weighted by Crippen LogP contribution is 2.26. The van der Waals surface area contributed by atoms with Crippen molar-refractivity contribution in [2.24, 2.45) is 0 Å². The van der Waals surface area contributed by atoms with Gasteiger partial charge in [-0.05, 0) is 67.6 Å². The highest BCUT2D eigenvalue weighted by Gasteiger charge is 2.20. The van der Waals surface area contributed by atoms with Crippen LogP contribution in [0.25, 0.3) is 0 Å². The third kappa shape index (κ3) is 8.08. The zero-order valence-electron chi connectivity index (χ0n) is 22.3. The Morgan fingerprint density at radius 3 is 1.73 bits per heavy atom. The molecule has 0 saturated heterocycles. The number of nitrogens with one attached hydrogen (secondary N) is 1. The number of carboxylic acid groups (broad SMARTS) is 1. The third-order valence-corrected chi connectivity index (χ3v) is 6.33. The molecule has 7 heteroatoms. The predicted molar refractivity (Wildman–Crippen MR) is 146 cm³/mol. The number of rotatable bonds is 9. The van der Waals surface area contributed by atoms with Gasteiger partial charge in [-0.3, -0.25) is 9.59 Å². The lowest BCUT2D eigenvalue weighted by Gasteiger charge is -2.20. The van der Waals surface area contributed by atoms with Crippen LogP contribution in [0.5, 0.6) is 11.5 Å². The third-order valence-electron chi connectivity index (χ3n) is 6.33. The van der Waals surface area contributed by atoms with Crippen LogP contribution in [0, 0.1) is 13.8 Å². The Morgan fingerprint density at radius 2 is 1.30 bits per heavy atom.